The normalized spacial score (nSPS) is 27.5. The summed E-state index contributed by atoms with van der Waals surface area (Å²) >= 11 is 0. The zero-order valence-electron chi connectivity index (χ0n) is 18.7. The number of nitrogens with zero attached hydrogens (tertiary/aromatic N) is 2. The van der Waals surface area contributed by atoms with Gasteiger partial charge in [-0.05, 0) is 55.2 Å². The minimum Gasteiger partial charge on any atom is -0.467 e. The molecule has 1 saturated heterocycles. The van der Waals surface area contributed by atoms with E-state index in [0.29, 0.717) is 12.8 Å². The molecule has 174 valence electrons. The van der Waals surface area contributed by atoms with Crippen molar-refractivity contribution in [2.75, 3.05) is 14.2 Å². The van der Waals surface area contributed by atoms with Crippen molar-refractivity contribution in [2.45, 2.75) is 50.6 Å². The Kier molecular flexibility index (Phi) is 5.13. The van der Waals surface area contributed by atoms with E-state index in [4.69, 9.17) is 18.9 Å². The molecule has 1 aromatic carbocycles. The molecule has 0 unspecified atom stereocenters. The van der Waals surface area contributed by atoms with Crippen molar-refractivity contribution in [3.8, 4) is 5.69 Å². The average molecular weight is 456 g/mol. The zero-order valence-corrected chi connectivity index (χ0v) is 18.7. The standard InChI is InChI=1S/C24H25FN2O6/c1-23-12-14-13-26-27(17-8-6-16(25)7-9-17)18(14)11-15(23)5-4-10-24(23)32-19(21(28)30-2)20(33-24)22(29)31-3/h6-9,11,13,19-20H,4-5,10,12H2,1-3H3/t19-,20-,23+/m1/s1. The monoisotopic (exact) mass is 456 g/mol. The van der Waals surface area contributed by atoms with Gasteiger partial charge in [0.1, 0.15) is 5.82 Å². The van der Waals surface area contributed by atoms with Gasteiger partial charge in [-0.1, -0.05) is 12.5 Å². The van der Waals surface area contributed by atoms with Gasteiger partial charge in [0.2, 0.25) is 0 Å². The van der Waals surface area contributed by atoms with Crippen LogP contribution < -0.4 is 0 Å². The third-order valence-corrected chi connectivity index (χ3v) is 7.09. The van der Waals surface area contributed by atoms with E-state index in [0.717, 1.165) is 35.4 Å². The van der Waals surface area contributed by atoms with Crippen molar-refractivity contribution in [1.29, 1.82) is 0 Å². The summed E-state index contributed by atoms with van der Waals surface area (Å²) < 4.78 is 37.5. The molecular formula is C24H25FN2O6. The molecule has 2 aliphatic carbocycles. The summed E-state index contributed by atoms with van der Waals surface area (Å²) in [4.78, 5) is 24.9. The molecule has 0 radical (unpaired) electrons. The molecule has 2 fully saturated rings. The lowest BCUT2D eigenvalue weighted by molar-refractivity contribution is -0.249. The van der Waals surface area contributed by atoms with Crippen LogP contribution in [0.2, 0.25) is 0 Å². The highest BCUT2D eigenvalue weighted by molar-refractivity contribution is 5.86. The van der Waals surface area contributed by atoms with Gasteiger partial charge in [-0.15, -0.1) is 0 Å². The van der Waals surface area contributed by atoms with Crippen molar-refractivity contribution in [3.63, 3.8) is 0 Å². The van der Waals surface area contributed by atoms with Crippen LogP contribution in [0.1, 0.15) is 37.4 Å². The number of fused-ring (bicyclic) bond motifs is 3. The summed E-state index contributed by atoms with van der Waals surface area (Å²) in [6, 6.07) is 6.17. The largest absolute Gasteiger partial charge is 0.467 e. The van der Waals surface area contributed by atoms with Gasteiger partial charge in [-0.2, -0.15) is 5.10 Å². The van der Waals surface area contributed by atoms with Gasteiger partial charge < -0.3 is 18.9 Å². The Morgan fingerprint density at radius 1 is 1.12 bits per heavy atom. The van der Waals surface area contributed by atoms with Crippen molar-refractivity contribution in [2.24, 2.45) is 5.41 Å². The number of carbonyl (C=O) groups is 2. The lowest BCUT2D eigenvalue weighted by atomic mass is 9.62. The van der Waals surface area contributed by atoms with Crippen molar-refractivity contribution in [1.82, 2.24) is 9.78 Å². The summed E-state index contributed by atoms with van der Waals surface area (Å²) in [7, 11) is 2.49. The highest BCUT2D eigenvalue weighted by Crippen LogP contribution is 2.58. The molecule has 1 spiro atoms. The molecular weight excluding hydrogens is 431 g/mol. The second-order valence-electron chi connectivity index (χ2n) is 8.85. The van der Waals surface area contributed by atoms with Crippen LogP contribution >= 0.6 is 0 Å². The Hall–Kier alpha value is -3.04. The topological polar surface area (TPSA) is 88.9 Å². The molecule has 0 N–H and O–H groups in total. The fourth-order valence-corrected chi connectivity index (χ4v) is 5.32. The Balaban J connectivity index is 1.55. The molecule has 5 rings (SSSR count). The van der Waals surface area contributed by atoms with Crippen molar-refractivity contribution in [3.05, 3.63) is 53.1 Å². The fourth-order valence-electron chi connectivity index (χ4n) is 5.32. The predicted molar refractivity (Wildman–Crippen MR) is 114 cm³/mol. The smallest absolute Gasteiger partial charge is 0.338 e. The van der Waals surface area contributed by atoms with E-state index in [-0.39, 0.29) is 5.82 Å². The number of aromatic nitrogens is 2. The molecule has 2 heterocycles. The Labute approximate surface area is 190 Å². The minimum atomic E-state index is -1.21. The number of halogens is 1. The number of methoxy groups -OCH3 is 2. The first-order valence-electron chi connectivity index (χ1n) is 10.9. The first-order chi connectivity index (χ1) is 15.8. The molecule has 3 atom stereocenters. The number of rotatable bonds is 3. The third kappa shape index (κ3) is 3.21. The average Bonchev–Trinajstić information content (AvgIpc) is 3.40. The molecule has 0 bridgehead atoms. The van der Waals surface area contributed by atoms with Gasteiger partial charge in [0.25, 0.3) is 0 Å². The summed E-state index contributed by atoms with van der Waals surface area (Å²) in [5.74, 6) is -2.86. The summed E-state index contributed by atoms with van der Waals surface area (Å²) in [6.45, 7) is 2.03. The van der Waals surface area contributed by atoms with Crippen LogP contribution in [-0.4, -0.2) is 53.9 Å². The van der Waals surface area contributed by atoms with Gasteiger partial charge in [-0.25, -0.2) is 18.7 Å². The SMILES string of the molecule is COC(=O)[C@@H]1OC2(CCCC3=Cc4c(cnn4-c4ccc(F)cc4)C[C@@]32C)O[C@H]1C(=O)OC. The zero-order chi connectivity index (χ0) is 23.4. The van der Waals surface area contributed by atoms with Gasteiger partial charge >= 0.3 is 11.9 Å². The van der Waals surface area contributed by atoms with E-state index in [1.54, 1.807) is 23.0 Å². The van der Waals surface area contributed by atoms with E-state index < -0.39 is 35.3 Å². The Morgan fingerprint density at radius 3 is 2.36 bits per heavy atom. The number of ether oxygens (including phenoxy) is 4. The Morgan fingerprint density at radius 2 is 1.76 bits per heavy atom. The van der Waals surface area contributed by atoms with Gasteiger partial charge in [0.15, 0.2) is 18.0 Å². The van der Waals surface area contributed by atoms with Gasteiger partial charge in [-0.3, -0.25) is 0 Å². The van der Waals surface area contributed by atoms with E-state index >= 15 is 0 Å². The summed E-state index contributed by atoms with van der Waals surface area (Å²) in [5, 5.41) is 4.53. The second kappa shape index (κ2) is 7.78. The van der Waals surface area contributed by atoms with Gasteiger partial charge in [0.05, 0.1) is 31.8 Å². The van der Waals surface area contributed by atoms with Crippen molar-refractivity contribution < 1.29 is 32.9 Å². The molecule has 0 amide bonds. The molecule has 8 nitrogen and oxygen atoms in total. The quantitative estimate of drug-likeness (QED) is 0.656. The highest BCUT2D eigenvalue weighted by atomic mass is 19.1. The number of esters is 2. The number of carbonyl (C=O) groups excluding carboxylic acids is 2. The molecule has 2 aromatic rings. The first kappa shape index (κ1) is 21.8. The lowest BCUT2D eigenvalue weighted by Gasteiger charge is -2.51. The minimum absolute atomic E-state index is 0.309. The van der Waals surface area contributed by atoms with Gasteiger partial charge in [0, 0.05) is 11.8 Å². The fraction of sp³-hybridized carbons (Fsp3) is 0.458. The van der Waals surface area contributed by atoms with Crippen LogP contribution in [0.15, 0.2) is 36.0 Å². The molecule has 1 aliphatic heterocycles. The molecule has 1 aromatic heterocycles. The number of benzene rings is 1. The van der Waals surface area contributed by atoms with E-state index in [2.05, 4.69) is 11.2 Å². The van der Waals surface area contributed by atoms with Crippen LogP contribution in [-0.2, 0) is 35.0 Å². The van der Waals surface area contributed by atoms with Crippen LogP contribution in [0.4, 0.5) is 4.39 Å². The third-order valence-electron chi connectivity index (χ3n) is 7.09. The molecule has 33 heavy (non-hydrogen) atoms. The predicted octanol–water partition coefficient (Wildman–Crippen LogP) is 2.97. The maximum absolute atomic E-state index is 13.4. The van der Waals surface area contributed by atoms with E-state index in [1.807, 2.05) is 6.92 Å². The molecule has 9 heteroatoms. The maximum Gasteiger partial charge on any atom is 0.338 e. The molecule has 1 saturated carbocycles. The molecule has 3 aliphatic rings. The van der Waals surface area contributed by atoms with Crippen LogP contribution in [0, 0.1) is 11.2 Å². The summed E-state index contributed by atoms with van der Waals surface area (Å²) in [5.41, 5.74) is 3.09. The Bertz CT molecular complexity index is 1120. The first-order valence-corrected chi connectivity index (χ1v) is 10.9. The lowest BCUT2D eigenvalue weighted by Crippen LogP contribution is -2.54. The van der Waals surface area contributed by atoms with E-state index in [1.165, 1.54) is 26.4 Å². The number of hydrogen-bond acceptors (Lipinski definition) is 7. The van der Waals surface area contributed by atoms with Crippen LogP contribution in [0.25, 0.3) is 11.8 Å². The van der Waals surface area contributed by atoms with Crippen LogP contribution in [0.3, 0.4) is 0 Å². The number of hydrogen-bond donors (Lipinski definition) is 0. The van der Waals surface area contributed by atoms with E-state index in [9.17, 15) is 14.0 Å². The van der Waals surface area contributed by atoms with Crippen molar-refractivity contribution >= 4 is 18.0 Å². The van der Waals surface area contributed by atoms with Crippen LogP contribution in [0.5, 0.6) is 0 Å². The maximum atomic E-state index is 13.4. The summed E-state index contributed by atoms with van der Waals surface area (Å²) in [6.07, 6.45) is 4.06. The second-order valence-corrected chi connectivity index (χ2v) is 8.85. The highest BCUT2D eigenvalue weighted by Gasteiger charge is 2.65.